The number of piperidine rings is 1. The average Bonchev–Trinajstić information content (AvgIpc) is 3.11. The quantitative estimate of drug-likeness (QED) is 0.872. The van der Waals surface area contributed by atoms with E-state index in [1.807, 2.05) is 11.0 Å². The summed E-state index contributed by atoms with van der Waals surface area (Å²) < 4.78 is 0. The van der Waals surface area contributed by atoms with Crippen LogP contribution in [0, 0.1) is 0 Å². The van der Waals surface area contributed by atoms with Gasteiger partial charge in [0.05, 0.1) is 6.04 Å². The number of hydrogen-bond acceptors (Lipinski definition) is 3. The van der Waals surface area contributed by atoms with E-state index in [-0.39, 0.29) is 30.9 Å². The minimum absolute atomic E-state index is 0. The third kappa shape index (κ3) is 3.65. The number of rotatable bonds is 2. The summed E-state index contributed by atoms with van der Waals surface area (Å²) >= 11 is 0. The van der Waals surface area contributed by atoms with Crippen molar-refractivity contribution < 1.29 is 4.79 Å². The van der Waals surface area contributed by atoms with Crippen LogP contribution in [-0.2, 0) is 4.79 Å². The number of halogens is 2. The molecule has 0 aliphatic carbocycles. The van der Waals surface area contributed by atoms with Crippen molar-refractivity contribution in [3.8, 4) is 0 Å². The Hall–Kier alpha value is -0.780. The average molecular weight is 321 g/mol. The van der Waals surface area contributed by atoms with Crippen LogP contribution in [0.3, 0.4) is 0 Å². The van der Waals surface area contributed by atoms with Gasteiger partial charge in [-0.2, -0.15) is 5.10 Å². The highest BCUT2D eigenvalue weighted by atomic mass is 35.5. The first-order valence-electron chi connectivity index (χ1n) is 6.86. The summed E-state index contributed by atoms with van der Waals surface area (Å²) in [7, 11) is 0. The van der Waals surface area contributed by atoms with Gasteiger partial charge in [0.25, 0.3) is 0 Å². The van der Waals surface area contributed by atoms with Gasteiger partial charge in [0, 0.05) is 30.9 Å². The number of nitrogens with zero attached hydrogens (tertiary/aromatic N) is 2. The van der Waals surface area contributed by atoms with Crippen molar-refractivity contribution in [2.75, 3.05) is 19.6 Å². The third-order valence-electron chi connectivity index (χ3n) is 4.13. The topological polar surface area (TPSA) is 61.0 Å². The van der Waals surface area contributed by atoms with Gasteiger partial charge in [-0.25, -0.2) is 0 Å². The van der Waals surface area contributed by atoms with Crippen molar-refractivity contribution in [1.82, 2.24) is 20.4 Å². The van der Waals surface area contributed by atoms with E-state index in [4.69, 9.17) is 0 Å². The van der Waals surface area contributed by atoms with Crippen LogP contribution in [0.5, 0.6) is 0 Å². The zero-order valence-electron chi connectivity index (χ0n) is 11.4. The van der Waals surface area contributed by atoms with Crippen LogP contribution >= 0.6 is 24.8 Å². The summed E-state index contributed by atoms with van der Waals surface area (Å²) in [6, 6.07) is 2.12. The number of hydrogen-bond donors (Lipinski definition) is 2. The summed E-state index contributed by atoms with van der Waals surface area (Å²) in [5, 5.41) is 10.3. The predicted molar refractivity (Wildman–Crippen MR) is 82.7 cm³/mol. The second-order valence-corrected chi connectivity index (χ2v) is 5.26. The molecule has 0 radical (unpaired) electrons. The maximum Gasteiger partial charge on any atom is 0.239 e. The van der Waals surface area contributed by atoms with Gasteiger partial charge in [0.15, 0.2) is 0 Å². The van der Waals surface area contributed by atoms with Gasteiger partial charge >= 0.3 is 0 Å². The van der Waals surface area contributed by atoms with Crippen LogP contribution in [0.15, 0.2) is 12.3 Å². The van der Waals surface area contributed by atoms with Crippen molar-refractivity contribution in [1.29, 1.82) is 0 Å². The molecule has 0 saturated carbocycles. The Morgan fingerprint density at radius 3 is 2.55 bits per heavy atom. The van der Waals surface area contributed by atoms with Gasteiger partial charge in [0.1, 0.15) is 0 Å². The Kier molecular flexibility index (Phi) is 6.79. The molecule has 5 nitrogen and oxygen atoms in total. The second kappa shape index (κ2) is 7.86. The molecule has 1 amide bonds. The molecule has 2 aliphatic heterocycles. The molecule has 114 valence electrons. The van der Waals surface area contributed by atoms with E-state index in [0.717, 1.165) is 45.3 Å². The van der Waals surface area contributed by atoms with Crippen molar-refractivity contribution in [2.45, 2.75) is 37.6 Å². The zero-order valence-corrected chi connectivity index (χ0v) is 13.0. The lowest BCUT2D eigenvalue weighted by Crippen LogP contribution is -2.46. The van der Waals surface area contributed by atoms with Crippen molar-refractivity contribution in [2.24, 2.45) is 0 Å². The minimum Gasteiger partial charge on any atom is -0.341 e. The Bertz CT molecular complexity index is 399. The Morgan fingerprint density at radius 2 is 2.00 bits per heavy atom. The molecule has 2 fully saturated rings. The molecule has 2 N–H and O–H groups in total. The normalized spacial score (nSPS) is 23.0. The van der Waals surface area contributed by atoms with Gasteiger partial charge in [0.2, 0.25) is 5.91 Å². The molecule has 1 aromatic heterocycles. The van der Waals surface area contributed by atoms with Crippen LogP contribution in [-0.4, -0.2) is 46.7 Å². The predicted octanol–water partition coefficient (Wildman–Crippen LogP) is 1.71. The van der Waals surface area contributed by atoms with Gasteiger partial charge in [-0.3, -0.25) is 9.89 Å². The summed E-state index contributed by atoms with van der Waals surface area (Å²) in [5.41, 5.74) is 1.21. The summed E-state index contributed by atoms with van der Waals surface area (Å²) in [4.78, 5) is 14.3. The highest BCUT2D eigenvalue weighted by molar-refractivity contribution is 5.85. The van der Waals surface area contributed by atoms with E-state index < -0.39 is 0 Å². The van der Waals surface area contributed by atoms with E-state index in [1.165, 1.54) is 5.69 Å². The first kappa shape index (κ1) is 17.3. The molecule has 20 heavy (non-hydrogen) atoms. The molecule has 1 unspecified atom stereocenters. The first-order chi connectivity index (χ1) is 8.84. The lowest BCUT2D eigenvalue weighted by atomic mass is 9.93. The number of H-pyrrole nitrogens is 1. The largest absolute Gasteiger partial charge is 0.341 e. The summed E-state index contributed by atoms with van der Waals surface area (Å²) in [5.74, 6) is 0.837. The maximum absolute atomic E-state index is 12.2. The minimum atomic E-state index is 0. The van der Waals surface area contributed by atoms with Gasteiger partial charge in [-0.05, 0) is 38.3 Å². The SMILES string of the molecule is Cl.Cl.O=C(C1CCCN1)N1CCC(c2ccn[nH]2)CC1. The Morgan fingerprint density at radius 1 is 1.25 bits per heavy atom. The lowest BCUT2D eigenvalue weighted by Gasteiger charge is -2.33. The fourth-order valence-corrected chi connectivity index (χ4v) is 3.02. The maximum atomic E-state index is 12.2. The number of likely N-dealkylation sites (tertiary alicyclic amines) is 1. The fourth-order valence-electron chi connectivity index (χ4n) is 3.02. The van der Waals surface area contributed by atoms with Crippen molar-refractivity contribution in [3.63, 3.8) is 0 Å². The molecule has 0 bridgehead atoms. The van der Waals surface area contributed by atoms with E-state index >= 15 is 0 Å². The molecule has 7 heteroatoms. The van der Waals surface area contributed by atoms with Crippen LogP contribution in [0.2, 0.25) is 0 Å². The summed E-state index contributed by atoms with van der Waals surface area (Å²) in [6.45, 7) is 2.74. The lowest BCUT2D eigenvalue weighted by molar-refractivity contribution is -0.134. The fraction of sp³-hybridized carbons (Fsp3) is 0.692. The number of amides is 1. The molecular weight excluding hydrogens is 299 g/mol. The molecule has 3 heterocycles. The number of aromatic nitrogens is 2. The van der Waals surface area contributed by atoms with E-state index in [1.54, 1.807) is 6.20 Å². The van der Waals surface area contributed by atoms with Crippen molar-refractivity contribution >= 4 is 30.7 Å². The molecule has 0 spiro atoms. The highest BCUT2D eigenvalue weighted by Crippen LogP contribution is 2.26. The first-order valence-corrected chi connectivity index (χ1v) is 6.86. The number of aromatic amines is 1. The number of carbonyl (C=O) groups is 1. The van der Waals surface area contributed by atoms with Crippen LogP contribution in [0.4, 0.5) is 0 Å². The Balaban J connectivity index is 0.000001000. The molecular formula is C13H22Cl2N4O. The van der Waals surface area contributed by atoms with Gasteiger partial charge in [-0.15, -0.1) is 24.8 Å². The van der Waals surface area contributed by atoms with Crippen LogP contribution < -0.4 is 5.32 Å². The zero-order chi connectivity index (χ0) is 12.4. The summed E-state index contributed by atoms with van der Waals surface area (Å²) in [6.07, 6.45) is 6.01. The van der Waals surface area contributed by atoms with E-state index in [9.17, 15) is 4.79 Å². The molecule has 3 rings (SSSR count). The van der Waals surface area contributed by atoms with Gasteiger partial charge < -0.3 is 10.2 Å². The second-order valence-electron chi connectivity index (χ2n) is 5.26. The molecule has 2 aliphatic rings. The monoisotopic (exact) mass is 320 g/mol. The van der Waals surface area contributed by atoms with Gasteiger partial charge in [-0.1, -0.05) is 0 Å². The van der Waals surface area contributed by atoms with E-state index in [0.29, 0.717) is 11.8 Å². The van der Waals surface area contributed by atoms with E-state index in [2.05, 4.69) is 15.5 Å². The molecule has 2 saturated heterocycles. The Labute approximate surface area is 131 Å². The van der Waals surface area contributed by atoms with Crippen molar-refractivity contribution in [3.05, 3.63) is 18.0 Å². The third-order valence-corrected chi connectivity index (χ3v) is 4.13. The molecule has 1 aromatic rings. The molecule has 0 aromatic carbocycles. The number of carbonyl (C=O) groups excluding carboxylic acids is 1. The smallest absolute Gasteiger partial charge is 0.239 e. The number of nitrogens with one attached hydrogen (secondary N) is 2. The molecule has 1 atom stereocenters. The van der Waals surface area contributed by atoms with Crippen LogP contribution in [0.1, 0.15) is 37.3 Å². The highest BCUT2D eigenvalue weighted by Gasteiger charge is 2.30. The van der Waals surface area contributed by atoms with Crippen LogP contribution in [0.25, 0.3) is 0 Å². The standard InChI is InChI=1S/C13H20N4O.2ClH/c18-13(12-2-1-6-14-12)17-8-4-10(5-9-17)11-3-7-15-16-11;;/h3,7,10,12,14H,1-2,4-6,8-9H2,(H,15,16);2*1H.